The lowest BCUT2D eigenvalue weighted by molar-refractivity contribution is 0.0955. The van der Waals surface area contributed by atoms with Crippen LogP contribution in [0.4, 0.5) is 0 Å². The molecule has 1 aromatic heterocycles. The second kappa shape index (κ2) is 5.59. The Morgan fingerprint density at radius 3 is 2.50 bits per heavy atom. The van der Waals surface area contributed by atoms with Crippen LogP contribution in [0.1, 0.15) is 24.2 Å². The largest absolute Gasteiger partial charge is 0.411 e. The van der Waals surface area contributed by atoms with E-state index >= 15 is 0 Å². The Hall–Kier alpha value is -2.24. The Bertz CT molecular complexity index is 426. The average molecular weight is 220 g/mol. The van der Waals surface area contributed by atoms with E-state index in [0.717, 1.165) is 0 Å². The maximum Gasteiger partial charge on any atom is 0.271 e. The molecule has 6 nitrogen and oxygen atoms in total. The predicted molar refractivity (Wildman–Crippen MR) is 59.7 cm³/mol. The van der Waals surface area contributed by atoms with E-state index in [1.54, 1.807) is 26.0 Å². The van der Waals surface area contributed by atoms with Crippen LogP contribution in [0.2, 0.25) is 0 Å². The zero-order chi connectivity index (χ0) is 12.0. The van der Waals surface area contributed by atoms with Gasteiger partial charge in [0, 0.05) is 18.0 Å². The Morgan fingerprint density at radius 1 is 1.31 bits per heavy atom. The van der Waals surface area contributed by atoms with Gasteiger partial charge in [-0.15, -0.1) is 0 Å². The number of amides is 1. The highest BCUT2D eigenvalue weighted by atomic mass is 16.4. The molecule has 2 N–H and O–H groups in total. The van der Waals surface area contributed by atoms with Crippen LogP contribution in [-0.4, -0.2) is 27.5 Å². The van der Waals surface area contributed by atoms with Crippen LogP contribution < -0.4 is 5.43 Å². The molecule has 0 aliphatic heterocycles. The van der Waals surface area contributed by atoms with E-state index in [1.165, 1.54) is 12.4 Å². The fraction of sp³-hybridized carbons (Fsp3) is 0.200. The summed E-state index contributed by atoms with van der Waals surface area (Å²) in [5.74, 6) is -0.340. The number of nitrogens with one attached hydrogen (secondary N) is 1. The zero-order valence-electron chi connectivity index (χ0n) is 9.01. The van der Waals surface area contributed by atoms with Crippen LogP contribution in [0, 0.1) is 0 Å². The third-order valence-electron chi connectivity index (χ3n) is 1.94. The van der Waals surface area contributed by atoms with Gasteiger partial charge in [-0.2, -0.15) is 5.10 Å². The van der Waals surface area contributed by atoms with Crippen molar-refractivity contribution in [2.75, 3.05) is 0 Å². The fourth-order valence-corrected chi connectivity index (χ4v) is 0.856. The van der Waals surface area contributed by atoms with Crippen molar-refractivity contribution in [1.82, 2.24) is 10.4 Å². The Balaban J connectivity index is 2.67. The minimum absolute atomic E-state index is 0.340. The third kappa shape index (κ3) is 3.16. The van der Waals surface area contributed by atoms with Gasteiger partial charge in [0.1, 0.15) is 0 Å². The second-order valence-electron chi connectivity index (χ2n) is 3.06. The molecule has 0 aliphatic carbocycles. The summed E-state index contributed by atoms with van der Waals surface area (Å²) < 4.78 is 0. The van der Waals surface area contributed by atoms with E-state index in [-0.39, 0.29) is 5.91 Å². The van der Waals surface area contributed by atoms with Crippen molar-refractivity contribution >= 4 is 17.3 Å². The molecular formula is C10H12N4O2. The van der Waals surface area contributed by atoms with Crippen LogP contribution in [0.15, 0.2) is 34.8 Å². The molecule has 16 heavy (non-hydrogen) atoms. The lowest BCUT2D eigenvalue weighted by Crippen LogP contribution is -2.21. The zero-order valence-corrected chi connectivity index (χ0v) is 9.01. The molecular weight excluding hydrogens is 208 g/mol. The second-order valence-corrected chi connectivity index (χ2v) is 3.06. The summed E-state index contributed by atoms with van der Waals surface area (Å²) in [6.45, 7) is 3.21. The molecule has 0 fully saturated rings. The van der Waals surface area contributed by atoms with Crippen molar-refractivity contribution < 1.29 is 10.0 Å². The monoisotopic (exact) mass is 220 g/mol. The van der Waals surface area contributed by atoms with Gasteiger partial charge >= 0.3 is 0 Å². The van der Waals surface area contributed by atoms with Crippen molar-refractivity contribution in [3.05, 3.63) is 30.1 Å². The summed E-state index contributed by atoms with van der Waals surface area (Å²) in [5, 5.41) is 15.2. The first-order valence-electron chi connectivity index (χ1n) is 4.59. The minimum Gasteiger partial charge on any atom is -0.411 e. The molecule has 0 atom stereocenters. The summed E-state index contributed by atoms with van der Waals surface area (Å²) in [4.78, 5) is 15.3. The number of aromatic nitrogens is 1. The topological polar surface area (TPSA) is 86.9 Å². The Kier molecular flexibility index (Phi) is 4.14. The molecule has 0 bridgehead atoms. The highest BCUT2D eigenvalue weighted by Crippen LogP contribution is 1.95. The number of oxime groups is 1. The number of nitrogens with zero attached hydrogens (tertiary/aromatic N) is 3. The van der Waals surface area contributed by atoms with Crippen LogP contribution in [-0.2, 0) is 0 Å². The van der Waals surface area contributed by atoms with E-state index in [2.05, 4.69) is 20.7 Å². The lowest BCUT2D eigenvalue weighted by atomic mass is 10.2. The van der Waals surface area contributed by atoms with Gasteiger partial charge < -0.3 is 5.21 Å². The SMILES string of the molecule is CC(=N/O)/C(C)=N\NC(=O)c1ccncc1. The highest BCUT2D eigenvalue weighted by Gasteiger charge is 2.03. The van der Waals surface area contributed by atoms with Crippen molar-refractivity contribution in [2.24, 2.45) is 10.3 Å². The number of pyridine rings is 1. The third-order valence-corrected chi connectivity index (χ3v) is 1.94. The smallest absolute Gasteiger partial charge is 0.271 e. The Labute approximate surface area is 92.7 Å². The van der Waals surface area contributed by atoms with Gasteiger partial charge in [-0.3, -0.25) is 9.78 Å². The molecule has 0 aromatic carbocycles. The molecule has 0 radical (unpaired) electrons. The van der Waals surface area contributed by atoms with Gasteiger partial charge in [0.2, 0.25) is 0 Å². The Morgan fingerprint density at radius 2 is 1.94 bits per heavy atom. The quantitative estimate of drug-likeness (QED) is 0.453. The van der Waals surface area contributed by atoms with Gasteiger partial charge in [-0.25, -0.2) is 5.43 Å². The molecule has 1 aromatic rings. The molecule has 1 rings (SSSR count). The molecule has 0 saturated heterocycles. The number of hydrazone groups is 1. The van der Waals surface area contributed by atoms with E-state index in [4.69, 9.17) is 5.21 Å². The normalized spacial score (nSPS) is 12.4. The van der Waals surface area contributed by atoms with E-state index in [9.17, 15) is 4.79 Å². The number of rotatable bonds is 3. The van der Waals surface area contributed by atoms with Gasteiger partial charge in [0.05, 0.1) is 11.4 Å². The number of hydrogen-bond acceptors (Lipinski definition) is 5. The molecule has 0 spiro atoms. The van der Waals surface area contributed by atoms with Crippen molar-refractivity contribution in [3.63, 3.8) is 0 Å². The summed E-state index contributed by atoms with van der Waals surface area (Å²) in [5.41, 5.74) is 3.58. The minimum atomic E-state index is -0.340. The highest BCUT2D eigenvalue weighted by molar-refractivity contribution is 6.40. The predicted octanol–water partition coefficient (Wildman–Crippen LogP) is 1.04. The van der Waals surface area contributed by atoms with Crippen molar-refractivity contribution in [2.45, 2.75) is 13.8 Å². The maximum absolute atomic E-state index is 11.5. The molecule has 0 saturated carbocycles. The van der Waals surface area contributed by atoms with E-state index in [1.807, 2.05) is 0 Å². The summed E-state index contributed by atoms with van der Waals surface area (Å²) in [6.07, 6.45) is 3.04. The molecule has 0 aliphatic rings. The standard InChI is InChI=1S/C10H12N4O2/c1-7(8(2)14-16)12-13-10(15)9-3-5-11-6-4-9/h3-6,16H,1-2H3,(H,13,15)/b12-7-,14-8-. The molecule has 84 valence electrons. The molecule has 1 amide bonds. The van der Waals surface area contributed by atoms with Gasteiger partial charge in [0.15, 0.2) is 0 Å². The summed E-state index contributed by atoms with van der Waals surface area (Å²) in [7, 11) is 0. The number of carbonyl (C=O) groups is 1. The van der Waals surface area contributed by atoms with Crippen molar-refractivity contribution in [3.8, 4) is 0 Å². The van der Waals surface area contributed by atoms with Gasteiger partial charge in [0.25, 0.3) is 5.91 Å². The van der Waals surface area contributed by atoms with Crippen LogP contribution >= 0.6 is 0 Å². The van der Waals surface area contributed by atoms with E-state index < -0.39 is 0 Å². The number of carbonyl (C=O) groups excluding carboxylic acids is 1. The summed E-state index contributed by atoms with van der Waals surface area (Å²) >= 11 is 0. The first kappa shape index (κ1) is 11.8. The van der Waals surface area contributed by atoms with E-state index in [0.29, 0.717) is 17.0 Å². The lowest BCUT2D eigenvalue weighted by Gasteiger charge is -2.00. The van der Waals surface area contributed by atoms with Gasteiger partial charge in [-0.05, 0) is 26.0 Å². The van der Waals surface area contributed by atoms with Crippen LogP contribution in [0.5, 0.6) is 0 Å². The first-order valence-corrected chi connectivity index (χ1v) is 4.59. The average Bonchev–Trinajstić information content (AvgIpc) is 2.35. The number of hydrogen-bond donors (Lipinski definition) is 2. The fourth-order valence-electron chi connectivity index (χ4n) is 0.856. The molecule has 1 heterocycles. The van der Waals surface area contributed by atoms with Crippen LogP contribution in [0.3, 0.4) is 0 Å². The van der Waals surface area contributed by atoms with Crippen LogP contribution in [0.25, 0.3) is 0 Å². The maximum atomic E-state index is 11.5. The van der Waals surface area contributed by atoms with Crippen molar-refractivity contribution in [1.29, 1.82) is 0 Å². The first-order chi connectivity index (χ1) is 7.65. The summed E-state index contributed by atoms with van der Waals surface area (Å²) in [6, 6.07) is 3.15. The molecule has 6 heteroatoms. The van der Waals surface area contributed by atoms with Gasteiger partial charge in [-0.1, -0.05) is 5.16 Å². The molecule has 0 unspecified atom stereocenters.